The maximum atomic E-state index is 13.0. The van der Waals surface area contributed by atoms with E-state index >= 15 is 0 Å². The van der Waals surface area contributed by atoms with Gasteiger partial charge in [0.15, 0.2) is 6.61 Å². The van der Waals surface area contributed by atoms with Gasteiger partial charge in [-0.3, -0.25) is 9.78 Å². The quantitative estimate of drug-likeness (QED) is 0.400. The van der Waals surface area contributed by atoms with Crippen molar-refractivity contribution in [1.82, 2.24) is 9.97 Å². The molecule has 0 unspecified atom stereocenters. The number of para-hydroxylation sites is 2. The van der Waals surface area contributed by atoms with Crippen molar-refractivity contribution in [2.24, 2.45) is 0 Å². The minimum Gasteiger partial charge on any atom is -0.452 e. The minimum absolute atomic E-state index is 0.246. The number of amides is 1. The summed E-state index contributed by atoms with van der Waals surface area (Å²) in [5, 5.41) is 3.56. The van der Waals surface area contributed by atoms with E-state index < -0.39 is 5.97 Å². The third kappa shape index (κ3) is 4.90. The average Bonchev–Trinajstić information content (AvgIpc) is 2.83. The molecule has 0 spiro atoms. The Morgan fingerprint density at radius 2 is 1.76 bits per heavy atom. The summed E-state index contributed by atoms with van der Waals surface area (Å²) in [7, 11) is 0. The molecule has 0 aliphatic rings. The number of carbonyl (C=O) groups excluding carboxylic acids is 2. The second kappa shape index (κ2) is 9.61. The van der Waals surface area contributed by atoms with E-state index in [-0.39, 0.29) is 18.4 Å². The van der Waals surface area contributed by atoms with E-state index in [0.717, 1.165) is 16.8 Å². The fourth-order valence-electron chi connectivity index (χ4n) is 3.72. The van der Waals surface area contributed by atoms with Gasteiger partial charge in [-0.1, -0.05) is 56.3 Å². The summed E-state index contributed by atoms with van der Waals surface area (Å²) >= 11 is 0. The lowest BCUT2D eigenvalue weighted by Crippen LogP contribution is -2.22. The Bertz CT molecular complexity index is 1320. The molecule has 4 aromatic rings. The predicted molar refractivity (Wildman–Crippen MR) is 129 cm³/mol. The van der Waals surface area contributed by atoms with Crippen molar-refractivity contribution in [2.75, 3.05) is 11.9 Å². The number of esters is 1. The van der Waals surface area contributed by atoms with Crippen LogP contribution in [0.4, 0.5) is 5.69 Å². The Hall–Kier alpha value is -4.06. The van der Waals surface area contributed by atoms with E-state index in [2.05, 4.69) is 29.1 Å². The number of hydrogen-bond donors (Lipinski definition) is 1. The number of aryl methyl sites for hydroxylation is 1. The van der Waals surface area contributed by atoms with Gasteiger partial charge in [-0.2, -0.15) is 0 Å². The van der Waals surface area contributed by atoms with E-state index in [4.69, 9.17) is 4.74 Å². The van der Waals surface area contributed by atoms with Crippen molar-refractivity contribution < 1.29 is 14.3 Å². The van der Waals surface area contributed by atoms with Crippen LogP contribution in [0.2, 0.25) is 0 Å². The summed E-state index contributed by atoms with van der Waals surface area (Å²) in [6.07, 6.45) is 1.67. The number of anilines is 1. The molecule has 4 rings (SSSR count). The lowest BCUT2D eigenvalue weighted by atomic mass is 9.98. The lowest BCUT2D eigenvalue weighted by Gasteiger charge is -2.16. The number of rotatable bonds is 6. The van der Waals surface area contributed by atoms with Crippen LogP contribution in [0.3, 0.4) is 0 Å². The highest BCUT2D eigenvalue weighted by Gasteiger charge is 2.18. The third-order valence-electron chi connectivity index (χ3n) is 5.39. The summed E-state index contributed by atoms with van der Waals surface area (Å²) in [4.78, 5) is 34.6. The van der Waals surface area contributed by atoms with Gasteiger partial charge in [0.05, 0.1) is 22.5 Å². The molecule has 166 valence electrons. The van der Waals surface area contributed by atoms with Gasteiger partial charge < -0.3 is 10.1 Å². The second-order valence-corrected chi connectivity index (χ2v) is 8.11. The third-order valence-corrected chi connectivity index (χ3v) is 5.39. The highest BCUT2D eigenvalue weighted by molar-refractivity contribution is 6.05. The monoisotopic (exact) mass is 439 g/mol. The molecule has 0 radical (unpaired) electrons. The smallest absolute Gasteiger partial charge is 0.339 e. The van der Waals surface area contributed by atoms with Crippen LogP contribution in [0.1, 0.15) is 41.3 Å². The van der Waals surface area contributed by atoms with Gasteiger partial charge in [0.1, 0.15) is 0 Å². The summed E-state index contributed by atoms with van der Waals surface area (Å²) in [6, 6.07) is 20.4. The largest absolute Gasteiger partial charge is 0.452 e. The van der Waals surface area contributed by atoms with Crippen LogP contribution in [0.15, 0.2) is 72.9 Å². The summed E-state index contributed by atoms with van der Waals surface area (Å²) < 4.78 is 5.40. The molecule has 0 saturated heterocycles. The first-order chi connectivity index (χ1) is 15.9. The highest BCUT2D eigenvalue weighted by atomic mass is 16.5. The number of aromatic nitrogens is 2. The molecule has 0 atom stereocenters. The number of fused-ring (bicyclic) bond motifs is 1. The van der Waals surface area contributed by atoms with Gasteiger partial charge in [0.25, 0.3) is 5.91 Å². The Balaban J connectivity index is 1.56. The zero-order valence-corrected chi connectivity index (χ0v) is 18.8. The number of nitrogens with one attached hydrogen (secondary N) is 1. The minimum atomic E-state index is -0.588. The van der Waals surface area contributed by atoms with Crippen LogP contribution in [0.5, 0.6) is 0 Å². The molecule has 0 bridgehead atoms. The second-order valence-electron chi connectivity index (χ2n) is 8.11. The molecule has 0 fully saturated rings. The number of ether oxygens (including phenoxy) is 1. The van der Waals surface area contributed by atoms with Crippen LogP contribution in [-0.4, -0.2) is 28.5 Å². The molecule has 33 heavy (non-hydrogen) atoms. The van der Waals surface area contributed by atoms with Crippen LogP contribution in [0.25, 0.3) is 22.3 Å². The molecule has 2 aromatic carbocycles. The molecule has 1 N–H and O–H groups in total. The molecule has 6 heteroatoms. The van der Waals surface area contributed by atoms with Gasteiger partial charge in [-0.05, 0) is 48.2 Å². The Morgan fingerprint density at radius 3 is 2.52 bits per heavy atom. The van der Waals surface area contributed by atoms with Gasteiger partial charge in [0, 0.05) is 17.3 Å². The van der Waals surface area contributed by atoms with Crippen LogP contribution in [-0.2, 0) is 9.53 Å². The maximum Gasteiger partial charge on any atom is 0.339 e. The van der Waals surface area contributed by atoms with Crippen molar-refractivity contribution in [1.29, 1.82) is 0 Å². The number of benzene rings is 2. The number of pyridine rings is 2. The van der Waals surface area contributed by atoms with E-state index in [1.807, 2.05) is 67.6 Å². The number of nitrogens with zero attached hydrogens (tertiary/aromatic N) is 2. The molecule has 0 aliphatic heterocycles. The van der Waals surface area contributed by atoms with E-state index in [1.165, 1.54) is 0 Å². The first kappa shape index (κ1) is 22.1. The summed E-state index contributed by atoms with van der Waals surface area (Å²) in [5.41, 5.74) is 4.96. The van der Waals surface area contributed by atoms with Crippen LogP contribution >= 0.6 is 0 Å². The van der Waals surface area contributed by atoms with E-state index in [9.17, 15) is 9.59 Å². The summed E-state index contributed by atoms with van der Waals surface area (Å²) in [6.45, 7) is 5.69. The van der Waals surface area contributed by atoms with Gasteiger partial charge >= 0.3 is 5.97 Å². The fraction of sp³-hybridized carbons (Fsp3) is 0.185. The Labute approximate surface area is 192 Å². The topological polar surface area (TPSA) is 81.2 Å². The number of carbonyl (C=O) groups is 2. The molecule has 0 saturated carbocycles. The summed E-state index contributed by atoms with van der Waals surface area (Å²) in [5.74, 6) is -0.728. The Kier molecular flexibility index (Phi) is 6.45. The molecular weight excluding hydrogens is 414 g/mol. The first-order valence-electron chi connectivity index (χ1n) is 10.8. The Morgan fingerprint density at radius 1 is 0.970 bits per heavy atom. The zero-order chi connectivity index (χ0) is 23.4. The van der Waals surface area contributed by atoms with Gasteiger partial charge in [-0.15, -0.1) is 0 Å². The van der Waals surface area contributed by atoms with Crippen molar-refractivity contribution in [2.45, 2.75) is 26.7 Å². The highest BCUT2D eigenvalue weighted by Crippen LogP contribution is 2.28. The molecule has 2 aromatic heterocycles. The predicted octanol–water partition coefficient (Wildman–Crippen LogP) is 5.52. The zero-order valence-electron chi connectivity index (χ0n) is 18.8. The molecule has 6 nitrogen and oxygen atoms in total. The van der Waals surface area contributed by atoms with E-state index in [1.54, 1.807) is 12.3 Å². The molecular formula is C27H25N3O3. The van der Waals surface area contributed by atoms with Crippen molar-refractivity contribution in [3.63, 3.8) is 0 Å². The van der Waals surface area contributed by atoms with Gasteiger partial charge in [0.2, 0.25) is 0 Å². The van der Waals surface area contributed by atoms with Crippen LogP contribution < -0.4 is 5.32 Å². The van der Waals surface area contributed by atoms with Crippen molar-refractivity contribution in [3.05, 3.63) is 89.6 Å². The standard InChI is InChI=1S/C27H25N3O3/c1-17(2)19-11-8-9-18(3)26(19)30-25(31)16-33-27(32)21-15-24(23-13-6-7-14-28-23)29-22-12-5-4-10-20(21)22/h4-15,17H,16H2,1-3H3,(H,30,31). The first-order valence-corrected chi connectivity index (χ1v) is 10.8. The SMILES string of the molecule is Cc1cccc(C(C)C)c1NC(=O)COC(=O)c1cc(-c2ccccn2)nc2ccccc12. The van der Waals surface area contributed by atoms with Gasteiger partial charge in [-0.25, -0.2) is 9.78 Å². The lowest BCUT2D eigenvalue weighted by molar-refractivity contribution is -0.119. The number of hydrogen-bond acceptors (Lipinski definition) is 5. The molecule has 0 aliphatic carbocycles. The fourth-order valence-corrected chi connectivity index (χ4v) is 3.72. The van der Waals surface area contributed by atoms with E-state index in [0.29, 0.717) is 27.9 Å². The molecule has 2 heterocycles. The molecule has 1 amide bonds. The normalized spacial score (nSPS) is 10.9. The van der Waals surface area contributed by atoms with Crippen LogP contribution in [0, 0.1) is 6.92 Å². The van der Waals surface area contributed by atoms with Crippen molar-refractivity contribution >= 4 is 28.5 Å². The van der Waals surface area contributed by atoms with Crippen molar-refractivity contribution in [3.8, 4) is 11.4 Å². The average molecular weight is 440 g/mol. The maximum absolute atomic E-state index is 13.0.